The zero-order chi connectivity index (χ0) is 18.6. The summed E-state index contributed by atoms with van der Waals surface area (Å²) in [6, 6.07) is 12.0. The number of amides is 1. The normalized spacial score (nSPS) is 12.8. The Morgan fingerprint density at radius 1 is 1.04 bits per heavy atom. The molecule has 2 aromatic carbocycles. The third-order valence-corrected chi connectivity index (χ3v) is 4.70. The molecule has 3 nitrogen and oxygen atoms in total. The third-order valence-electron chi connectivity index (χ3n) is 4.70. The zero-order valence-corrected chi connectivity index (χ0v) is 16.1. The summed E-state index contributed by atoms with van der Waals surface area (Å²) in [5, 5.41) is 12.6. The Bertz CT molecular complexity index is 708. The van der Waals surface area contributed by atoms with E-state index in [-0.39, 0.29) is 18.0 Å². The molecule has 1 amide bonds. The highest BCUT2D eigenvalue weighted by atomic mass is 16.3. The Labute approximate surface area is 151 Å². The first-order valence-corrected chi connectivity index (χ1v) is 9.40. The fourth-order valence-corrected chi connectivity index (χ4v) is 3.58. The number of aliphatic hydroxyl groups is 1. The van der Waals surface area contributed by atoms with Crippen LogP contribution in [0.3, 0.4) is 0 Å². The second-order valence-corrected chi connectivity index (χ2v) is 7.31. The van der Waals surface area contributed by atoms with Gasteiger partial charge in [-0.25, -0.2) is 0 Å². The number of fused-ring (bicyclic) bond motifs is 1. The van der Waals surface area contributed by atoms with Crippen molar-refractivity contribution in [3.63, 3.8) is 0 Å². The van der Waals surface area contributed by atoms with Crippen LogP contribution in [0.5, 0.6) is 0 Å². The van der Waals surface area contributed by atoms with Gasteiger partial charge >= 0.3 is 0 Å². The molecule has 136 valence electrons. The van der Waals surface area contributed by atoms with Gasteiger partial charge in [0.05, 0.1) is 6.10 Å². The van der Waals surface area contributed by atoms with Crippen molar-refractivity contribution in [3.05, 3.63) is 47.5 Å². The molecule has 0 unspecified atom stereocenters. The van der Waals surface area contributed by atoms with Crippen molar-refractivity contribution >= 4 is 16.7 Å². The van der Waals surface area contributed by atoms with Crippen molar-refractivity contribution in [2.24, 2.45) is 0 Å². The van der Waals surface area contributed by atoms with Gasteiger partial charge in [0, 0.05) is 23.0 Å². The predicted molar refractivity (Wildman–Crippen MR) is 105 cm³/mol. The van der Waals surface area contributed by atoms with Crippen LogP contribution in [0.1, 0.15) is 75.9 Å². The number of carbonyl (C=O) groups is 1. The van der Waals surface area contributed by atoms with E-state index in [1.165, 1.54) is 0 Å². The second kappa shape index (κ2) is 8.48. The molecular weight excluding hydrogens is 310 g/mol. The lowest BCUT2D eigenvalue weighted by Crippen LogP contribution is -2.42. The van der Waals surface area contributed by atoms with Crippen LogP contribution >= 0.6 is 0 Å². The van der Waals surface area contributed by atoms with Crippen LogP contribution in [0.15, 0.2) is 36.4 Å². The largest absolute Gasteiger partial charge is 0.388 e. The molecule has 1 atom stereocenters. The number of hydrogen-bond donors (Lipinski definition) is 1. The van der Waals surface area contributed by atoms with Gasteiger partial charge in [-0.15, -0.1) is 0 Å². The van der Waals surface area contributed by atoms with E-state index in [9.17, 15) is 9.90 Å². The Hall–Kier alpha value is -1.87. The standard InChI is InChI=1S/C22H31NO2/c1-6-7-14-20(24)18-12-8-10-17-11-9-13-19(21(17)18)22(25)23(15(2)3)16(4)5/h8-13,15-16,20,24H,6-7,14H2,1-5H3/t20-/m1/s1. The monoisotopic (exact) mass is 341 g/mol. The summed E-state index contributed by atoms with van der Waals surface area (Å²) in [7, 11) is 0. The van der Waals surface area contributed by atoms with Crippen LogP contribution in [-0.4, -0.2) is 28.0 Å². The number of carbonyl (C=O) groups excluding carboxylic acids is 1. The highest BCUT2D eigenvalue weighted by molar-refractivity contribution is 6.08. The van der Waals surface area contributed by atoms with Crippen LogP contribution in [0, 0.1) is 0 Å². The molecule has 0 saturated heterocycles. The Balaban J connectivity index is 2.58. The lowest BCUT2D eigenvalue weighted by molar-refractivity contribution is 0.0645. The van der Waals surface area contributed by atoms with Crippen molar-refractivity contribution in [3.8, 4) is 0 Å². The maximum absolute atomic E-state index is 13.3. The molecule has 2 aromatic rings. The average Bonchev–Trinajstić information content (AvgIpc) is 2.57. The van der Waals surface area contributed by atoms with Gasteiger partial charge < -0.3 is 10.0 Å². The van der Waals surface area contributed by atoms with E-state index in [1.54, 1.807) is 0 Å². The maximum atomic E-state index is 13.3. The van der Waals surface area contributed by atoms with Gasteiger partial charge in [0.15, 0.2) is 0 Å². The summed E-state index contributed by atoms with van der Waals surface area (Å²) in [6.45, 7) is 10.3. The summed E-state index contributed by atoms with van der Waals surface area (Å²) in [5.41, 5.74) is 1.55. The van der Waals surface area contributed by atoms with E-state index >= 15 is 0 Å². The fourth-order valence-electron chi connectivity index (χ4n) is 3.58. The predicted octanol–water partition coefficient (Wildman–Crippen LogP) is 5.32. The molecule has 0 bridgehead atoms. The van der Waals surface area contributed by atoms with Gasteiger partial charge in [0.1, 0.15) is 0 Å². The molecule has 0 spiro atoms. The van der Waals surface area contributed by atoms with Crippen molar-refractivity contribution in [1.82, 2.24) is 4.90 Å². The van der Waals surface area contributed by atoms with E-state index in [0.29, 0.717) is 5.56 Å². The molecule has 3 heteroatoms. The Morgan fingerprint density at radius 3 is 2.20 bits per heavy atom. The maximum Gasteiger partial charge on any atom is 0.254 e. The first-order valence-electron chi connectivity index (χ1n) is 9.40. The molecule has 0 aliphatic heterocycles. The second-order valence-electron chi connectivity index (χ2n) is 7.31. The van der Waals surface area contributed by atoms with E-state index < -0.39 is 6.10 Å². The Kier molecular flexibility index (Phi) is 6.60. The highest BCUT2D eigenvalue weighted by Gasteiger charge is 2.24. The van der Waals surface area contributed by atoms with Crippen LogP contribution < -0.4 is 0 Å². The van der Waals surface area contributed by atoms with E-state index in [0.717, 1.165) is 35.6 Å². The first kappa shape index (κ1) is 19.5. The minimum absolute atomic E-state index is 0.0331. The molecule has 1 N–H and O–H groups in total. The number of unbranched alkanes of at least 4 members (excludes halogenated alkanes) is 1. The first-order chi connectivity index (χ1) is 11.9. The van der Waals surface area contributed by atoms with Crippen LogP contribution in [0.4, 0.5) is 0 Å². The number of rotatable bonds is 7. The molecule has 25 heavy (non-hydrogen) atoms. The zero-order valence-electron chi connectivity index (χ0n) is 16.1. The molecule has 0 aliphatic rings. The molecular formula is C22H31NO2. The van der Waals surface area contributed by atoms with Crippen LogP contribution in [0.25, 0.3) is 10.8 Å². The SMILES string of the molecule is CCCC[C@@H](O)c1cccc2cccc(C(=O)N(C(C)C)C(C)C)c12. The molecule has 0 heterocycles. The van der Waals surface area contributed by atoms with Crippen LogP contribution in [0.2, 0.25) is 0 Å². The Morgan fingerprint density at radius 2 is 1.64 bits per heavy atom. The van der Waals surface area contributed by atoms with E-state index in [2.05, 4.69) is 6.92 Å². The number of benzene rings is 2. The highest BCUT2D eigenvalue weighted by Crippen LogP contribution is 2.31. The number of nitrogens with zero attached hydrogens (tertiary/aromatic N) is 1. The van der Waals surface area contributed by atoms with Gasteiger partial charge in [-0.2, -0.15) is 0 Å². The minimum atomic E-state index is -0.538. The van der Waals surface area contributed by atoms with Gasteiger partial charge in [-0.1, -0.05) is 50.1 Å². The van der Waals surface area contributed by atoms with Crippen LogP contribution in [-0.2, 0) is 0 Å². The van der Waals surface area contributed by atoms with Crippen molar-refractivity contribution in [2.75, 3.05) is 0 Å². The number of aliphatic hydroxyl groups excluding tert-OH is 1. The molecule has 0 saturated carbocycles. The fraction of sp³-hybridized carbons (Fsp3) is 0.500. The van der Waals surface area contributed by atoms with E-state index in [4.69, 9.17) is 0 Å². The molecule has 2 rings (SSSR count). The summed E-state index contributed by atoms with van der Waals surface area (Å²) in [5.74, 6) is 0.0331. The summed E-state index contributed by atoms with van der Waals surface area (Å²) >= 11 is 0. The summed E-state index contributed by atoms with van der Waals surface area (Å²) in [4.78, 5) is 15.2. The van der Waals surface area contributed by atoms with Crippen molar-refractivity contribution < 1.29 is 9.90 Å². The molecule has 0 aromatic heterocycles. The molecule has 0 fully saturated rings. The van der Waals surface area contributed by atoms with Crippen molar-refractivity contribution in [2.45, 2.75) is 72.1 Å². The van der Waals surface area contributed by atoms with Gasteiger partial charge in [0.25, 0.3) is 5.91 Å². The minimum Gasteiger partial charge on any atom is -0.388 e. The van der Waals surface area contributed by atoms with Gasteiger partial charge in [0.2, 0.25) is 0 Å². The lowest BCUT2D eigenvalue weighted by atomic mass is 9.93. The van der Waals surface area contributed by atoms with E-state index in [1.807, 2.05) is 69.0 Å². The summed E-state index contributed by atoms with van der Waals surface area (Å²) in [6.07, 6.45) is 2.19. The summed E-state index contributed by atoms with van der Waals surface area (Å²) < 4.78 is 0. The molecule has 0 radical (unpaired) electrons. The number of hydrogen-bond acceptors (Lipinski definition) is 2. The van der Waals surface area contributed by atoms with Gasteiger partial charge in [-0.05, 0) is 51.1 Å². The smallest absolute Gasteiger partial charge is 0.254 e. The van der Waals surface area contributed by atoms with Crippen molar-refractivity contribution in [1.29, 1.82) is 0 Å². The lowest BCUT2D eigenvalue weighted by Gasteiger charge is -2.31. The quantitative estimate of drug-likeness (QED) is 0.740. The topological polar surface area (TPSA) is 40.5 Å². The molecule has 0 aliphatic carbocycles. The average molecular weight is 341 g/mol. The van der Waals surface area contributed by atoms with Gasteiger partial charge in [-0.3, -0.25) is 4.79 Å². The third kappa shape index (κ3) is 4.21.